The van der Waals surface area contributed by atoms with Gasteiger partial charge in [0.1, 0.15) is 11.6 Å². The first-order valence-electron chi connectivity index (χ1n) is 20.7. The van der Waals surface area contributed by atoms with E-state index in [4.69, 9.17) is 24.2 Å². The Hall–Kier alpha value is -5.66. The molecule has 12 heteroatoms. The zero-order valence-corrected chi connectivity index (χ0v) is 33.9. The summed E-state index contributed by atoms with van der Waals surface area (Å²) < 4.78 is 16.4. The van der Waals surface area contributed by atoms with Gasteiger partial charge in [-0.25, -0.2) is 9.97 Å². The molecule has 5 heterocycles. The Labute approximate surface area is 344 Å². The standard InChI is InChI=1S/C47H51N7O5/c1-28(2)40(52-44-47(58-4)59-44)45(55)53-22-8-12-38(53)42-49-27-37(51-42)35-21-20-33-24-32(18-19-34(33)25-35)29-14-16-30(17-15-29)36-26-48-43(50-36)39-13-9-23-54(39)46(56)41(57-3)31-10-6-5-7-11-31/h5-7,10-11,14-21,24-28,38-41,44,47,52H,8-9,12-13,22-23H2,1-4H3,(H,48,50)(H,49,51)/t38-,39-,40-,41+,44?,47?/m0/s1. The van der Waals surface area contributed by atoms with Crippen molar-refractivity contribution in [2.45, 2.75) is 76.3 Å². The van der Waals surface area contributed by atoms with Crippen LogP contribution in [-0.4, -0.2) is 87.4 Å². The fraction of sp³-hybridized carbons (Fsp3) is 0.362. The molecule has 0 bridgehead atoms. The molecule has 3 aliphatic heterocycles. The molecule has 3 aliphatic rings. The molecule has 12 nitrogen and oxygen atoms in total. The molecule has 0 spiro atoms. The van der Waals surface area contributed by atoms with Crippen molar-refractivity contribution < 1.29 is 23.8 Å². The summed E-state index contributed by atoms with van der Waals surface area (Å²) in [6.07, 6.45) is 6.08. The number of likely N-dealkylation sites (tertiary alicyclic amines) is 2. The molecule has 2 amide bonds. The zero-order chi connectivity index (χ0) is 40.6. The summed E-state index contributed by atoms with van der Waals surface area (Å²) in [6.45, 7) is 5.47. The van der Waals surface area contributed by atoms with E-state index in [1.54, 1.807) is 14.2 Å². The Bertz CT molecular complexity index is 2430. The maximum atomic E-state index is 13.8. The van der Waals surface area contributed by atoms with Gasteiger partial charge in [-0.15, -0.1) is 0 Å². The summed E-state index contributed by atoms with van der Waals surface area (Å²) in [5, 5.41) is 5.62. The summed E-state index contributed by atoms with van der Waals surface area (Å²) >= 11 is 0. The second-order valence-electron chi connectivity index (χ2n) is 16.2. The van der Waals surface area contributed by atoms with E-state index >= 15 is 0 Å². The molecule has 0 radical (unpaired) electrons. The number of benzene rings is 4. The van der Waals surface area contributed by atoms with Gasteiger partial charge in [-0.3, -0.25) is 14.9 Å². The fourth-order valence-electron chi connectivity index (χ4n) is 8.83. The average Bonchev–Trinajstić information content (AvgIpc) is 3.86. The number of epoxide rings is 1. The third kappa shape index (κ3) is 7.81. The first-order chi connectivity index (χ1) is 28.8. The topological polar surface area (TPSA) is 141 Å². The van der Waals surface area contributed by atoms with Crippen LogP contribution in [-0.2, 0) is 23.8 Å². The Morgan fingerprint density at radius 2 is 1.29 bits per heavy atom. The lowest BCUT2D eigenvalue weighted by Gasteiger charge is -2.30. The van der Waals surface area contributed by atoms with E-state index in [0.29, 0.717) is 13.1 Å². The molecule has 6 aromatic rings. The third-order valence-corrected chi connectivity index (χ3v) is 12.1. The van der Waals surface area contributed by atoms with Crippen molar-refractivity contribution in [3.05, 3.63) is 121 Å². The van der Waals surface area contributed by atoms with Crippen LogP contribution in [0.4, 0.5) is 0 Å². The van der Waals surface area contributed by atoms with Gasteiger partial charge in [-0.1, -0.05) is 92.7 Å². The second kappa shape index (κ2) is 16.5. The molecule has 2 unspecified atom stereocenters. The predicted molar refractivity (Wildman–Crippen MR) is 226 cm³/mol. The Morgan fingerprint density at radius 3 is 1.88 bits per heavy atom. The number of aromatic amines is 2. The summed E-state index contributed by atoms with van der Waals surface area (Å²) in [5.74, 6) is 1.73. The minimum absolute atomic E-state index is 0.0404. The summed E-state index contributed by atoms with van der Waals surface area (Å²) in [7, 11) is 3.19. The molecular formula is C47H51N7O5. The molecule has 3 fully saturated rings. The van der Waals surface area contributed by atoms with E-state index < -0.39 is 6.10 Å². The molecule has 0 aliphatic carbocycles. The number of hydrogen-bond acceptors (Lipinski definition) is 8. The minimum atomic E-state index is -0.645. The molecule has 9 rings (SSSR count). The Kier molecular flexibility index (Phi) is 10.9. The van der Waals surface area contributed by atoms with Crippen LogP contribution in [0.15, 0.2) is 103 Å². The number of nitrogens with one attached hydrogen (secondary N) is 3. The summed E-state index contributed by atoms with van der Waals surface area (Å²) in [4.78, 5) is 47.9. The minimum Gasteiger partial charge on any atom is -0.367 e. The number of imidazole rings is 2. The number of hydrogen-bond donors (Lipinski definition) is 3. The average molecular weight is 794 g/mol. The monoisotopic (exact) mass is 793 g/mol. The SMILES string of the molecule is COC1OC1N[C@H](C(=O)N1CCC[C@H]1c1ncc(-c2ccc3cc(-c4ccc(-c5cnc([C@@H]6CCCN6C(=O)[C@H](OC)c6ccccc6)[nH]5)cc4)ccc3c2)[nH]1)C(C)C. The van der Waals surface area contributed by atoms with Crippen LogP contribution >= 0.6 is 0 Å². The highest BCUT2D eigenvalue weighted by Gasteiger charge is 2.45. The smallest absolute Gasteiger partial charge is 0.256 e. The maximum Gasteiger partial charge on any atom is 0.256 e. The first kappa shape index (κ1) is 38.8. The lowest BCUT2D eigenvalue weighted by atomic mass is 9.98. The number of amides is 2. The number of aromatic nitrogens is 4. The lowest BCUT2D eigenvalue weighted by Crippen LogP contribution is -2.50. The fourth-order valence-corrected chi connectivity index (χ4v) is 8.83. The van der Waals surface area contributed by atoms with Crippen LogP contribution in [0, 0.1) is 5.92 Å². The number of methoxy groups -OCH3 is 2. The van der Waals surface area contributed by atoms with Crippen molar-refractivity contribution in [2.24, 2.45) is 5.92 Å². The van der Waals surface area contributed by atoms with Gasteiger partial charge < -0.3 is 34.0 Å². The molecule has 6 atom stereocenters. The van der Waals surface area contributed by atoms with E-state index in [1.807, 2.05) is 66.4 Å². The predicted octanol–water partition coefficient (Wildman–Crippen LogP) is 7.94. The van der Waals surface area contributed by atoms with Crippen molar-refractivity contribution >= 4 is 22.6 Å². The Balaban J connectivity index is 0.864. The highest BCUT2D eigenvalue weighted by Crippen LogP contribution is 2.37. The largest absolute Gasteiger partial charge is 0.367 e. The number of nitrogens with zero attached hydrogens (tertiary/aromatic N) is 4. The lowest BCUT2D eigenvalue weighted by molar-refractivity contribution is -0.143. The van der Waals surface area contributed by atoms with Crippen molar-refractivity contribution in [1.29, 1.82) is 0 Å². The van der Waals surface area contributed by atoms with Gasteiger partial charge in [0.15, 0.2) is 18.6 Å². The first-order valence-corrected chi connectivity index (χ1v) is 20.7. The van der Waals surface area contributed by atoms with Crippen molar-refractivity contribution in [3.8, 4) is 33.6 Å². The van der Waals surface area contributed by atoms with Gasteiger partial charge >= 0.3 is 0 Å². The number of H-pyrrole nitrogens is 2. The van der Waals surface area contributed by atoms with Crippen LogP contribution in [0.1, 0.15) is 74.9 Å². The van der Waals surface area contributed by atoms with Crippen LogP contribution in [0.25, 0.3) is 44.4 Å². The number of rotatable bonds is 13. The van der Waals surface area contributed by atoms with E-state index in [9.17, 15) is 9.59 Å². The second-order valence-corrected chi connectivity index (χ2v) is 16.2. The van der Waals surface area contributed by atoms with Crippen LogP contribution < -0.4 is 5.32 Å². The molecule has 59 heavy (non-hydrogen) atoms. The van der Waals surface area contributed by atoms with E-state index in [0.717, 1.165) is 87.3 Å². The molecule has 4 aromatic carbocycles. The molecule has 0 saturated carbocycles. The van der Waals surface area contributed by atoms with Crippen LogP contribution in [0.5, 0.6) is 0 Å². The van der Waals surface area contributed by atoms with Gasteiger partial charge in [0, 0.05) is 32.9 Å². The van der Waals surface area contributed by atoms with Gasteiger partial charge in [0.25, 0.3) is 5.91 Å². The zero-order valence-electron chi connectivity index (χ0n) is 33.9. The van der Waals surface area contributed by atoms with Crippen molar-refractivity contribution in [2.75, 3.05) is 27.3 Å². The number of fused-ring (bicyclic) bond motifs is 1. The molecule has 2 aromatic heterocycles. The third-order valence-electron chi connectivity index (χ3n) is 12.1. The number of ether oxygens (including phenoxy) is 3. The van der Waals surface area contributed by atoms with Gasteiger partial charge in [-0.2, -0.15) is 0 Å². The number of carbonyl (C=O) groups excluding carboxylic acids is 2. The van der Waals surface area contributed by atoms with Crippen molar-refractivity contribution in [1.82, 2.24) is 35.1 Å². The Morgan fingerprint density at radius 1 is 0.729 bits per heavy atom. The van der Waals surface area contributed by atoms with Gasteiger partial charge in [0.05, 0.1) is 41.9 Å². The van der Waals surface area contributed by atoms with Crippen molar-refractivity contribution in [3.63, 3.8) is 0 Å². The van der Waals surface area contributed by atoms with E-state index in [-0.39, 0.29) is 48.4 Å². The number of carbonyl (C=O) groups is 2. The van der Waals surface area contributed by atoms with Crippen LogP contribution in [0.3, 0.4) is 0 Å². The van der Waals surface area contributed by atoms with E-state index in [1.165, 1.54) is 0 Å². The molecule has 304 valence electrons. The summed E-state index contributed by atoms with van der Waals surface area (Å²) in [5.41, 5.74) is 7.01. The molecule has 3 N–H and O–H groups in total. The van der Waals surface area contributed by atoms with E-state index in [2.05, 4.69) is 75.9 Å². The highest BCUT2D eigenvalue weighted by molar-refractivity contribution is 5.91. The molecular weight excluding hydrogens is 743 g/mol. The van der Waals surface area contributed by atoms with Crippen LogP contribution in [0.2, 0.25) is 0 Å². The van der Waals surface area contributed by atoms with Gasteiger partial charge in [-0.05, 0) is 76.8 Å². The maximum absolute atomic E-state index is 13.8. The molecule has 3 saturated heterocycles. The quantitative estimate of drug-likeness (QED) is 0.100. The van der Waals surface area contributed by atoms with Gasteiger partial charge in [0.2, 0.25) is 5.91 Å². The highest BCUT2D eigenvalue weighted by atomic mass is 16.8. The normalized spacial score (nSPS) is 21.4. The summed E-state index contributed by atoms with van der Waals surface area (Å²) in [6, 6.07) is 30.5.